The molecule has 1 amide bonds. The molecule has 0 spiro atoms. The van der Waals surface area contributed by atoms with Crippen LogP contribution in [0.3, 0.4) is 0 Å². The first-order valence-electron chi connectivity index (χ1n) is 14.0. The van der Waals surface area contributed by atoms with Crippen molar-refractivity contribution in [3.8, 4) is 5.75 Å². The highest BCUT2D eigenvalue weighted by Gasteiger charge is 2.76. The molecule has 6 aliphatic rings. The van der Waals surface area contributed by atoms with E-state index < -0.39 is 0 Å². The third kappa shape index (κ3) is 2.56. The molecular weight excluding hydrogens is 450 g/mol. The maximum absolute atomic E-state index is 13.8. The minimum Gasteiger partial charge on any atom is -0.508 e. The minimum atomic E-state index is -0.276. The van der Waals surface area contributed by atoms with E-state index in [1.165, 1.54) is 36.9 Å². The summed E-state index contributed by atoms with van der Waals surface area (Å²) in [5, 5.41) is 10.6. The van der Waals surface area contributed by atoms with Gasteiger partial charge in [0.15, 0.2) is 0 Å². The summed E-state index contributed by atoms with van der Waals surface area (Å²) in [5.41, 5.74) is 3.82. The predicted molar refractivity (Wildman–Crippen MR) is 136 cm³/mol. The Hall–Kier alpha value is -2.60. The molecule has 3 heterocycles. The number of fused-ring (bicyclic) bond motifs is 1. The van der Waals surface area contributed by atoms with Crippen LogP contribution >= 0.6 is 0 Å². The summed E-state index contributed by atoms with van der Waals surface area (Å²) in [4.78, 5) is 34.2. The molecule has 3 saturated carbocycles. The van der Waals surface area contributed by atoms with Crippen LogP contribution in [0.1, 0.15) is 65.7 Å². The van der Waals surface area contributed by atoms with E-state index in [4.69, 9.17) is 0 Å². The van der Waals surface area contributed by atoms with Gasteiger partial charge in [0, 0.05) is 36.3 Å². The summed E-state index contributed by atoms with van der Waals surface area (Å²) in [7, 11) is 0. The average Bonchev–Trinajstić information content (AvgIpc) is 3.54. The molecule has 188 valence electrons. The van der Waals surface area contributed by atoms with Crippen LogP contribution in [-0.2, 0) is 11.8 Å². The number of amides is 1. The van der Waals surface area contributed by atoms with Crippen molar-refractivity contribution in [1.82, 2.24) is 14.8 Å². The van der Waals surface area contributed by atoms with Crippen LogP contribution < -0.4 is 5.56 Å². The molecule has 5 fully saturated rings. The number of hydrogen-bond acceptors (Lipinski definition) is 4. The van der Waals surface area contributed by atoms with Crippen LogP contribution in [0, 0.1) is 30.1 Å². The van der Waals surface area contributed by atoms with Gasteiger partial charge in [-0.1, -0.05) is 6.07 Å². The van der Waals surface area contributed by atoms with Gasteiger partial charge in [-0.3, -0.25) is 14.5 Å². The molecule has 5 unspecified atom stereocenters. The summed E-state index contributed by atoms with van der Waals surface area (Å²) in [6.07, 6.45) is 8.32. The van der Waals surface area contributed by atoms with E-state index in [0.717, 1.165) is 50.4 Å². The van der Waals surface area contributed by atoms with Gasteiger partial charge < -0.3 is 15.0 Å². The number of nitrogens with zero attached hydrogens (tertiary/aromatic N) is 2. The number of phenols is 1. The Morgan fingerprint density at radius 3 is 2.83 bits per heavy atom. The molecule has 1 aromatic heterocycles. The van der Waals surface area contributed by atoms with E-state index in [-0.39, 0.29) is 33.9 Å². The van der Waals surface area contributed by atoms with E-state index in [0.29, 0.717) is 23.6 Å². The molecule has 4 aliphatic carbocycles. The number of H-pyrrole nitrogens is 1. The van der Waals surface area contributed by atoms with Crippen molar-refractivity contribution < 1.29 is 9.90 Å². The number of hydrogen-bond donors (Lipinski definition) is 2. The maximum atomic E-state index is 13.8. The van der Waals surface area contributed by atoms with E-state index in [9.17, 15) is 14.7 Å². The molecule has 2 aliphatic heterocycles. The molecule has 0 radical (unpaired) electrons. The second-order valence-electron chi connectivity index (χ2n) is 12.8. The fourth-order valence-electron chi connectivity index (χ4n) is 10.1. The predicted octanol–water partition coefficient (Wildman–Crippen LogP) is 3.61. The lowest BCUT2D eigenvalue weighted by atomic mass is 9.43. The molecular formula is C30H35N3O3. The van der Waals surface area contributed by atoms with Crippen LogP contribution in [0.5, 0.6) is 5.75 Å². The van der Waals surface area contributed by atoms with Crippen molar-refractivity contribution in [1.29, 1.82) is 0 Å². The second-order valence-corrected chi connectivity index (χ2v) is 12.8. The molecule has 6 nitrogen and oxygen atoms in total. The van der Waals surface area contributed by atoms with Crippen molar-refractivity contribution in [2.45, 2.75) is 69.4 Å². The van der Waals surface area contributed by atoms with Crippen LogP contribution in [0.4, 0.5) is 0 Å². The first-order valence-corrected chi connectivity index (χ1v) is 14.0. The van der Waals surface area contributed by atoms with E-state index in [1.54, 1.807) is 6.07 Å². The van der Waals surface area contributed by atoms with E-state index in [1.807, 2.05) is 19.1 Å². The van der Waals surface area contributed by atoms with Gasteiger partial charge in [-0.15, -0.1) is 0 Å². The highest BCUT2D eigenvalue weighted by atomic mass is 16.3. The Balaban J connectivity index is 1.24. The fraction of sp³-hybridized carbons (Fsp3) is 0.600. The highest BCUT2D eigenvalue weighted by Crippen LogP contribution is 2.75. The van der Waals surface area contributed by atoms with Gasteiger partial charge in [-0.25, -0.2) is 0 Å². The molecule has 2 aromatic rings. The Bertz CT molecular complexity index is 1350. The zero-order valence-electron chi connectivity index (χ0n) is 21.0. The zero-order valence-corrected chi connectivity index (χ0v) is 21.0. The standard InChI is InChI=1S/C30H35N3O3/c1-17-2-7-22(27(35)31-17)28(36)33-16-20-14-29-9-8-24(33)26(20)30(29)10-11-32(15-18-3-4-18)25(29)12-19-5-6-21(34)13-23(19)30/h2,5-7,13,18,20,24-26,34H,3-4,8-12,14-16H2,1H3,(H,31,35)/t20-,24?,25?,26?,29?,30?/m1/s1. The van der Waals surface area contributed by atoms with Gasteiger partial charge >= 0.3 is 0 Å². The number of aromatic amines is 1. The van der Waals surface area contributed by atoms with Crippen molar-refractivity contribution in [3.63, 3.8) is 0 Å². The second kappa shape index (κ2) is 7.03. The lowest BCUT2D eigenvalue weighted by Crippen LogP contribution is -2.70. The van der Waals surface area contributed by atoms with Crippen molar-refractivity contribution in [3.05, 3.63) is 63.1 Å². The number of piperidine rings is 1. The van der Waals surface area contributed by atoms with Crippen LogP contribution in [0.2, 0.25) is 0 Å². The quantitative estimate of drug-likeness (QED) is 0.697. The summed E-state index contributed by atoms with van der Waals surface area (Å²) >= 11 is 0. The normalized spacial score (nSPS) is 38.1. The molecule has 1 aromatic carbocycles. The number of carbonyl (C=O) groups is 1. The van der Waals surface area contributed by atoms with E-state index >= 15 is 0 Å². The molecule has 2 saturated heterocycles. The largest absolute Gasteiger partial charge is 0.508 e. The third-order valence-electron chi connectivity index (χ3n) is 11.3. The first-order chi connectivity index (χ1) is 17.4. The van der Waals surface area contributed by atoms with Gasteiger partial charge in [-0.2, -0.15) is 0 Å². The van der Waals surface area contributed by atoms with Crippen molar-refractivity contribution in [2.24, 2.45) is 23.2 Å². The van der Waals surface area contributed by atoms with Crippen LogP contribution in [0.25, 0.3) is 0 Å². The number of aromatic nitrogens is 1. The number of aryl methyl sites for hydroxylation is 1. The molecule has 6 heteroatoms. The fourth-order valence-corrected chi connectivity index (χ4v) is 10.1. The van der Waals surface area contributed by atoms with E-state index in [2.05, 4.69) is 26.9 Å². The molecule has 8 rings (SSSR count). The number of carbonyl (C=O) groups excluding carboxylic acids is 1. The van der Waals surface area contributed by atoms with Crippen molar-refractivity contribution in [2.75, 3.05) is 19.6 Å². The zero-order chi connectivity index (χ0) is 24.4. The summed E-state index contributed by atoms with van der Waals surface area (Å²) in [6, 6.07) is 10.4. The number of benzene rings is 1. The Morgan fingerprint density at radius 1 is 1.17 bits per heavy atom. The number of pyridine rings is 1. The monoisotopic (exact) mass is 485 g/mol. The average molecular weight is 486 g/mol. The van der Waals surface area contributed by atoms with Gasteiger partial charge in [0.1, 0.15) is 11.3 Å². The Morgan fingerprint density at radius 2 is 2.03 bits per heavy atom. The Kier molecular flexibility index (Phi) is 4.20. The van der Waals surface area contributed by atoms with Gasteiger partial charge in [0.25, 0.3) is 11.5 Å². The number of rotatable bonds is 3. The summed E-state index contributed by atoms with van der Waals surface area (Å²) in [5.74, 6) is 2.02. The maximum Gasteiger partial charge on any atom is 0.260 e. The third-order valence-corrected chi connectivity index (χ3v) is 11.3. The smallest absolute Gasteiger partial charge is 0.260 e. The SMILES string of the molecule is Cc1ccc(C(=O)N2C[C@H]3CC45CCC2C3C42CCN(CC3CC3)C5Cc3ccc(O)cc32)c(=O)[nH]1. The first kappa shape index (κ1) is 21.5. The lowest BCUT2D eigenvalue weighted by molar-refractivity contribution is -0.102. The molecule has 6 atom stereocenters. The van der Waals surface area contributed by atoms with Crippen LogP contribution in [-0.4, -0.2) is 57.5 Å². The number of likely N-dealkylation sites (tertiary alicyclic amines) is 2. The van der Waals surface area contributed by atoms with Gasteiger partial charge in [-0.05, 0) is 117 Å². The highest BCUT2D eigenvalue weighted by molar-refractivity contribution is 5.94. The van der Waals surface area contributed by atoms with Gasteiger partial charge in [0.2, 0.25) is 0 Å². The number of aromatic hydroxyl groups is 1. The van der Waals surface area contributed by atoms with Crippen molar-refractivity contribution >= 4 is 5.91 Å². The topological polar surface area (TPSA) is 76.6 Å². The number of phenolic OH excluding ortho intramolecular Hbond substituents is 1. The van der Waals surface area contributed by atoms with Gasteiger partial charge in [0.05, 0.1) is 0 Å². The summed E-state index contributed by atoms with van der Waals surface area (Å²) in [6.45, 7) is 4.97. The number of nitrogens with one attached hydrogen (secondary N) is 1. The Labute approximate surface area is 211 Å². The minimum absolute atomic E-state index is 0.0202. The lowest BCUT2D eigenvalue weighted by Gasteiger charge is -2.66. The molecule has 4 bridgehead atoms. The van der Waals surface area contributed by atoms with Crippen LogP contribution in [0.15, 0.2) is 35.1 Å². The summed E-state index contributed by atoms with van der Waals surface area (Å²) < 4.78 is 0. The molecule has 2 N–H and O–H groups in total. The molecule has 36 heavy (non-hydrogen) atoms.